The molecule has 1 aromatic carbocycles. The molecule has 1 fully saturated rings. The van der Waals surface area contributed by atoms with Crippen molar-refractivity contribution in [2.45, 2.75) is 39.2 Å². The highest BCUT2D eigenvalue weighted by molar-refractivity contribution is 5.80. The Morgan fingerprint density at radius 3 is 2.52 bits per heavy atom. The lowest BCUT2D eigenvalue weighted by Gasteiger charge is -2.25. The monoisotopic (exact) mass is 289 g/mol. The molecule has 1 aliphatic carbocycles. The summed E-state index contributed by atoms with van der Waals surface area (Å²) in [5.41, 5.74) is 1.01. The van der Waals surface area contributed by atoms with Crippen LogP contribution in [0, 0.1) is 5.92 Å². The van der Waals surface area contributed by atoms with E-state index in [0.717, 1.165) is 18.4 Å². The van der Waals surface area contributed by atoms with E-state index in [9.17, 15) is 9.59 Å². The predicted molar refractivity (Wildman–Crippen MR) is 80.7 cm³/mol. The van der Waals surface area contributed by atoms with Crippen molar-refractivity contribution in [3.63, 3.8) is 0 Å². The third-order valence-corrected chi connectivity index (χ3v) is 3.67. The number of hydrogen-bond donors (Lipinski definition) is 0. The van der Waals surface area contributed by atoms with E-state index in [1.807, 2.05) is 42.2 Å². The minimum atomic E-state index is -0.273. The van der Waals surface area contributed by atoms with Crippen molar-refractivity contribution in [3.8, 4) is 0 Å². The van der Waals surface area contributed by atoms with Crippen molar-refractivity contribution < 1.29 is 14.3 Å². The molecule has 0 aromatic heterocycles. The van der Waals surface area contributed by atoms with Gasteiger partial charge in [-0.15, -0.1) is 0 Å². The highest BCUT2D eigenvalue weighted by Crippen LogP contribution is 2.28. The van der Waals surface area contributed by atoms with Gasteiger partial charge >= 0.3 is 5.97 Å². The van der Waals surface area contributed by atoms with E-state index in [2.05, 4.69) is 0 Å². The van der Waals surface area contributed by atoms with Gasteiger partial charge in [0.2, 0.25) is 5.91 Å². The minimum Gasteiger partial charge on any atom is -0.466 e. The molecule has 1 unspecified atom stereocenters. The maximum absolute atomic E-state index is 12.5. The maximum Gasteiger partial charge on any atom is 0.310 e. The summed E-state index contributed by atoms with van der Waals surface area (Å²) in [7, 11) is 0. The zero-order chi connectivity index (χ0) is 15.2. The first-order valence-electron chi connectivity index (χ1n) is 7.61. The summed E-state index contributed by atoms with van der Waals surface area (Å²) in [5.74, 6) is -0.402. The third-order valence-electron chi connectivity index (χ3n) is 3.67. The van der Waals surface area contributed by atoms with Crippen molar-refractivity contribution in [2.24, 2.45) is 5.92 Å². The number of carbonyl (C=O) groups excluding carboxylic acids is 2. The molecular formula is C17H23NO3. The molecule has 0 aliphatic heterocycles. The second kappa shape index (κ2) is 7.25. The van der Waals surface area contributed by atoms with Crippen LogP contribution in [0.1, 0.15) is 32.3 Å². The Balaban J connectivity index is 1.95. The Morgan fingerprint density at radius 2 is 1.95 bits per heavy atom. The number of hydrogen-bond acceptors (Lipinski definition) is 3. The Bertz CT molecular complexity index is 482. The van der Waals surface area contributed by atoms with Crippen molar-refractivity contribution in [3.05, 3.63) is 35.9 Å². The smallest absolute Gasteiger partial charge is 0.310 e. The van der Waals surface area contributed by atoms with Gasteiger partial charge in [-0.05, 0) is 25.3 Å². The van der Waals surface area contributed by atoms with Crippen molar-refractivity contribution >= 4 is 11.9 Å². The van der Waals surface area contributed by atoms with Crippen LogP contribution in [0.15, 0.2) is 30.3 Å². The van der Waals surface area contributed by atoms with E-state index in [0.29, 0.717) is 25.6 Å². The van der Waals surface area contributed by atoms with E-state index < -0.39 is 0 Å². The molecule has 1 saturated carbocycles. The molecule has 1 aliphatic rings. The van der Waals surface area contributed by atoms with Gasteiger partial charge < -0.3 is 9.64 Å². The van der Waals surface area contributed by atoms with Crippen LogP contribution in [-0.2, 0) is 20.7 Å². The van der Waals surface area contributed by atoms with Gasteiger partial charge in [-0.1, -0.05) is 37.3 Å². The molecule has 1 aromatic rings. The standard InChI is InChI=1S/C17H23NO3/c1-3-21-17(20)13(2)12-18(15-9-10-15)16(19)11-14-7-5-4-6-8-14/h4-8,13,15H,3,9-12H2,1-2H3. The van der Waals surface area contributed by atoms with Crippen LogP contribution in [0.2, 0.25) is 0 Å². The van der Waals surface area contributed by atoms with Crippen LogP contribution in [0.25, 0.3) is 0 Å². The molecule has 0 bridgehead atoms. The van der Waals surface area contributed by atoms with Gasteiger partial charge in [0.25, 0.3) is 0 Å². The molecule has 4 nitrogen and oxygen atoms in total. The predicted octanol–water partition coefficient (Wildman–Crippen LogP) is 2.42. The lowest BCUT2D eigenvalue weighted by molar-refractivity contribution is -0.148. The van der Waals surface area contributed by atoms with Crippen LogP contribution in [0.5, 0.6) is 0 Å². The summed E-state index contributed by atoms with van der Waals surface area (Å²) in [5, 5.41) is 0. The highest BCUT2D eigenvalue weighted by atomic mass is 16.5. The summed E-state index contributed by atoms with van der Waals surface area (Å²) >= 11 is 0. The van der Waals surface area contributed by atoms with Crippen molar-refractivity contribution in [2.75, 3.05) is 13.2 Å². The second-order valence-electron chi connectivity index (χ2n) is 5.59. The van der Waals surface area contributed by atoms with Gasteiger partial charge in [0.05, 0.1) is 18.9 Å². The zero-order valence-corrected chi connectivity index (χ0v) is 12.7. The molecule has 0 heterocycles. The van der Waals surface area contributed by atoms with Gasteiger partial charge in [-0.2, -0.15) is 0 Å². The Morgan fingerprint density at radius 1 is 1.29 bits per heavy atom. The van der Waals surface area contributed by atoms with Gasteiger partial charge in [0, 0.05) is 12.6 Å². The molecular weight excluding hydrogens is 266 g/mol. The lowest BCUT2D eigenvalue weighted by atomic mass is 10.1. The fraction of sp³-hybridized carbons (Fsp3) is 0.529. The maximum atomic E-state index is 12.5. The van der Waals surface area contributed by atoms with Crippen LogP contribution in [0.3, 0.4) is 0 Å². The van der Waals surface area contributed by atoms with Gasteiger partial charge in [0.15, 0.2) is 0 Å². The first kappa shape index (κ1) is 15.5. The molecule has 1 amide bonds. The summed E-state index contributed by atoms with van der Waals surface area (Å²) in [6.07, 6.45) is 2.47. The number of esters is 1. The van der Waals surface area contributed by atoms with Crippen molar-refractivity contribution in [1.29, 1.82) is 0 Å². The average Bonchev–Trinajstić information content (AvgIpc) is 3.30. The normalized spacial score (nSPS) is 15.3. The SMILES string of the molecule is CCOC(=O)C(C)CN(C(=O)Cc1ccccc1)C1CC1. The van der Waals surface area contributed by atoms with Gasteiger partial charge in [0.1, 0.15) is 0 Å². The van der Waals surface area contributed by atoms with E-state index >= 15 is 0 Å². The van der Waals surface area contributed by atoms with Crippen LogP contribution in [0.4, 0.5) is 0 Å². The Hall–Kier alpha value is -1.84. The molecule has 0 N–H and O–H groups in total. The van der Waals surface area contributed by atoms with E-state index in [4.69, 9.17) is 4.74 Å². The van der Waals surface area contributed by atoms with Crippen LogP contribution in [-0.4, -0.2) is 36.0 Å². The molecule has 0 radical (unpaired) electrons. The summed E-state index contributed by atoms with van der Waals surface area (Å²) < 4.78 is 5.03. The lowest BCUT2D eigenvalue weighted by Crippen LogP contribution is -2.39. The van der Waals surface area contributed by atoms with E-state index in [1.54, 1.807) is 6.92 Å². The topological polar surface area (TPSA) is 46.6 Å². The molecule has 0 saturated heterocycles. The Kier molecular flexibility index (Phi) is 5.37. The van der Waals surface area contributed by atoms with Gasteiger partial charge in [-0.3, -0.25) is 9.59 Å². The second-order valence-corrected chi connectivity index (χ2v) is 5.59. The zero-order valence-electron chi connectivity index (χ0n) is 12.7. The molecule has 2 rings (SSSR count). The fourth-order valence-corrected chi connectivity index (χ4v) is 2.37. The molecule has 1 atom stereocenters. The van der Waals surface area contributed by atoms with Crippen LogP contribution < -0.4 is 0 Å². The third kappa shape index (κ3) is 4.59. The summed E-state index contributed by atoms with van der Waals surface area (Å²) in [6, 6.07) is 10.0. The quantitative estimate of drug-likeness (QED) is 0.724. The number of amides is 1. The fourth-order valence-electron chi connectivity index (χ4n) is 2.37. The largest absolute Gasteiger partial charge is 0.466 e. The first-order chi connectivity index (χ1) is 10.1. The van der Waals surface area contributed by atoms with E-state index in [1.165, 1.54) is 0 Å². The van der Waals surface area contributed by atoms with Crippen LogP contribution >= 0.6 is 0 Å². The summed E-state index contributed by atoms with van der Waals surface area (Å²) in [4.78, 5) is 26.1. The van der Waals surface area contributed by atoms with Crippen molar-refractivity contribution in [1.82, 2.24) is 4.90 Å². The number of carbonyl (C=O) groups is 2. The molecule has 21 heavy (non-hydrogen) atoms. The molecule has 114 valence electrons. The summed E-state index contributed by atoms with van der Waals surface area (Å²) in [6.45, 7) is 4.45. The first-order valence-corrected chi connectivity index (χ1v) is 7.61. The number of rotatable bonds is 7. The van der Waals surface area contributed by atoms with Gasteiger partial charge in [-0.25, -0.2) is 0 Å². The average molecular weight is 289 g/mol. The number of ether oxygens (including phenoxy) is 1. The highest BCUT2D eigenvalue weighted by Gasteiger charge is 2.34. The Labute approximate surface area is 126 Å². The minimum absolute atomic E-state index is 0.0971. The number of nitrogens with zero attached hydrogens (tertiary/aromatic N) is 1. The molecule has 4 heteroatoms. The number of benzene rings is 1. The molecule has 0 spiro atoms. The van der Waals surface area contributed by atoms with E-state index in [-0.39, 0.29) is 17.8 Å².